The van der Waals surface area contributed by atoms with Crippen LogP contribution in [-0.4, -0.2) is 55.9 Å². The summed E-state index contributed by atoms with van der Waals surface area (Å²) in [6.45, 7) is 9.58. The Balaban J connectivity index is 1.39. The molecule has 0 aromatic heterocycles. The number of benzene rings is 3. The summed E-state index contributed by atoms with van der Waals surface area (Å²) in [6, 6.07) is 22.5. The maximum absolute atomic E-state index is 12.7. The maximum Gasteiger partial charge on any atom is 0.335 e. The summed E-state index contributed by atoms with van der Waals surface area (Å²) in [5.41, 5.74) is 3.85. The van der Waals surface area contributed by atoms with Gasteiger partial charge in [0, 0.05) is 17.6 Å². The van der Waals surface area contributed by atoms with Crippen LogP contribution in [0.4, 0.5) is 0 Å². The number of aliphatic hydroxyl groups is 1. The Kier molecular flexibility index (Phi) is 13.6. The van der Waals surface area contributed by atoms with E-state index in [1.165, 1.54) is 0 Å². The van der Waals surface area contributed by atoms with Crippen molar-refractivity contribution in [1.29, 1.82) is 0 Å². The van der Waals surface area contributed by atoms with Crippen LogP contribution in [0.1, 0.15) is 42.1 Å². The van der Waals surface area contributed by atoms with Crippen LogP contribution in [0.3, 0.4) is 0 Å². The number of hydrogen-bond donors (Lipinski definition) is 1. The third kappa shape index (κ3) is 11.4. The molecule has 0 spiro atoms. The molecule has 1 N–H and O–H groups in total. The number of carbonyl (C=O) groups excluding carboxylic acids is 3. The number of esters is 2. The number of aliphatic hydroxyl groups excluding tert-OH is 1. The Labute approximate surface area is 258 Å². The van der Waals surface area contributed by atoms with Crippen molar-refractivity contribution in [3.8, 4) is 22.6 Å². The summed E-state index contributed by atoms with van der Waals surface area (Å²) in [7, 11) is 0. The van der Waals surface area contributed by atoms with E-state index >= 15 is 0 Å². The average molecular weight is 599 g/mol. The van der Waals surface area contributed by atoms with Gasteiger partial charge in [-0.2, -0.15) is 0 Å². The van der Waals surface area contributed by atoms with Crippen molar-refractivity contribution in [3.63, 3.8) is 0 Å². The second kappa shape index (κ2) is 17.9. The zero-order chi connectivity index (χ0) is 31.7. The first-order valence-corrected chi connectivity index (χ1v) is 14.3. The van der Waals surface area contributed by atoms with Crippen molar-refractivity contribution in [1.82, 2.24) is 0 Å². The van der Waals surface area contributed by atoms with E-state index in [0.29, 0.717) is 49.4 Å². The molecular formula is C36H38O8. The predicted octanol–water partition coefficient (Wildman–Crippen LogP) is 6.39. The lowest BCUT2D eigenvalue weighted by atomic mass is 10.0. The summed E-state index contributed by atoms with van der Waals surface area (Å²) in [6.07, 6.45) is 5.22. The van der Waals surface area contributed by atoms with Crippen LogP contribution in [0.15, 0.2) is 103 Å². The largest absolute Gasteiger partial charge is 0.494 e. The molecular weight excluding hydrogens is 560 g/mol. The molecule has 0 bridgehead atoms. The van der Waals surface area contributed by atoms with E-state index in [9.17, 15) is 14.4 Å². The Morgan fingerprint density at radius 3 is 1.77 bits per heavy atom. The van der Waals surface area contributed by atoms with E-state index in [-0.39, 0.29) is 24.6 Å². The van der Waals surface area contributed by atoms with Crippen molar-refractivity contribution < 1.29 is 38.4 Å². The minimum atomic E-state index is -0.587. The highest BCUT2D eigenvalue weighted by Gasteiger charge is 2.07. The third-order valence-electron chi connectivity index (χ3n) is 6.32. The van der Waals surface area contributed by atoms with Crippen molar-refractivity contribution >= 4 is 23.8 Å². The average Bonchev–Trinajstić information content (AvgIpc) is 3.05. The van der Waals surface area contributed by atoms with Gasteiger partial charge in [-0.05, 0) is 66.8 Å². The van der Waals surface area contributed by atoms with Gasteiger partial charge in [0.25, 0.3) is 0 Å². The molecule has 0 aliphatic carbocycles. The molecule has 0 atom stereocenters. The number of rotatable bonds is 18. The fourth-order valence-electron chi connectivity index (χ4n) is 3.78. The topological polar surface area (TPSA) is 108 Å². The van der Waals surface area contributed by atoms with E-state index in [0.717, 1.165) is 22.4 Å². The lowest BCUT2D eigenvalue weighted by molar-refractivity contribution is -0.140. The number of ether oxygens (including phenoxy) is 4. The van der Waals surface area contributed by atoms with E-state index in [4.69, 9.17) is 24.1 Å². The smallest absolute Gasteiger partial charge is 0.335 e. The minimum absolute atomic E-state index is 0.0373. The molecule has 0 amide bonds. The molecule has 0 heterocycles. The zero-order valence-corrected chi connectivity index (χ0v) is 25.0. The van der Waals surface area contributed by atoms with Gasteiger partial charge in [0.1, 0.15) is 11.5 Å². The molecule has 3 aromatic rings. The van der Waals surface area contributed by atoms with Crippen LogP contribution in [0.2, 0.25) is 0 Å². The SMILES string of the molecule is C=C(C)C(=O)OCCCOc1ccc(-c2ccc(C(=O)/C=C/c3ccc(OCCCCOC(=O)C(=C)CO)cc3)cc2)cc1. The first-order chi connectivity index (χ1) is 21.3. The van der Waals surface area contributed by atoms with Gasteiger partial charge in [-0.15, -0.1) is 0 Å². The normalized spacial score (nSPS) is 10.7. The molecule has 230 valence electrons. The molecule has 0 saturated heterocycles. The monoisotopic (exact) mass is 598 g/mol. The van der Waals surface area contributed by atoms with E-state index in [1.54, 1.807) is 31.2 Å². The van der Waals surface area contributed by atoms with Crippen LogP contribution in [-0.2, 0) is 19.1 Å². The van der Waals surface area contributed by atoms with Gasteiger partial charge in [-0.3, -0.25) is 4.79 Å². The number of carbonyl (C=O) groups is 3. The van der Waals surface area contributed by atoms with Crippen molar-refractivity contribution in [2.75, 3.05) is 33.0 Å². The van der Waals surface area contributed by atoms with Crippen molar-refractivity contribution in [2.45, 2.75) is 26.2 Å². The highest BCUT2D eigenvalue weighted by Crippen LogP contribution is 2.23. The lowest BCUT2D eigenvalue weighted by Gasteiger charge is -2.08. The molecule has 0 radical (unpaired) electrons. The summed E-state index contributed by atoms with van der Waals surface area (Å²) in [5, 5.41) is 8.85. The number of unbranched alkanes of at least 4 members (excludes halogenated alkanes) is 1. The maximum atomic E-state index is 12.7. The van der Waals surface area contributed by atoms with Gasteiger partial charge < -0.3 is 24.1 Å². The zero-order valence-electron chi connectivity index (χ0n) is 25.0. The second-order valence-electron chi connectivity index (χ2n) is 9.94. The fraction of sp³-hybridized carbons (Fsp3) is 0.250. The molecule has 8 heteroatoms. The molecule has 0 saturated carbocycles. The van der Waals surface area contributed by atoms with Crippen LogP contribution in [0.5, 0.6) is 11.5 Å². The summed E-state index contributed by atoms with van der Waals surface area (Å²) in [4.78, 5) is 35.5. The Hall–Kier alpha value is -4.95. The van der Waals surface area contributed by atoms with Gasteiger partial charge in [0.05, 0.1) is 38.6 Å². The van der Waals surface area contributed by atoms with E-state index in [1.807, 2.05) is 60.7 Å². The molecule has 0 fully saturated rings. The second-order valence-corrected chi connectivity index (χ2v) is 9.94. The van der Waals surface area contributed by atoms with Gasteiger partial charge in [-0.1, -0.05) is 67.8 Å². The molecule has 8 nitrogen and oxygen atoms in total. The van der Waals surface area contributed by atoms with Crippen LogP contribution < -0.4 is 9.47 Å². The highest BCUT2D eigenvalue weighted by atomic mass is 16.5. The fourth-order valence-corrected chi connectivity index (χ4v) is 3.78. The van der Waals surface area contributed by atoms with Crippen molar-refractivity contribution in [2.24, 2.45) is 0 Å². The lowest BCUT2D eigenvalue weighted by Crippen LogP contribution is -2.11. The predicted molar refractivity (Wildman–Crippen MR) is 169 cm³/mol. The van der Waals surface area contributed by atoms with Gasteiger partial charge in [0.2, 0.25) is 0 Å². The van der Waals surface area contributed by atoms with Crippen LogP contribution >= 0.6 is 0 Å². The summed E-state index contributed by atoms with van der Waals surface area (Å²) >= 11 is 0. The number of ketones is 1. The van der Waals surface area contributed by atoms with Gasteiger partial charge in [0.15, 0.2) is 5.78 Å². The molecule has 44 heavy (non-hydrogen) atoms. The quantitative estimate of drug-likeness (QED) is 0.0777. The molecule has 0 aliphatic rings. The summed E-state index contributed by atoms with van der Waals surface area (Å²) in [5.74, 6) is 0.343. The first kappa shape index (κ1) is 33.6. The van der Waals surface area contributed by atoms with E-state index in [2.05, 4.69) is 13.2 Å². The Morgan fingerprint density at radius 2 is 1.18 bits per heavy atom. The Morgan fingerprint density at radius 1 is 0.682 bits per heavy atom. The van der Waals surface area contributed by atoms with Gasteiger partial charge in [-0.25, -0.2) is 9.59 Å². The number of allylic oxidation sites excluding steroid dienone is 1. The van der Waals surface area contributed by atoms with Crippen LogP contribution in [0.25, 0.3) is 17.2 Å². The summed E-state index contributed by atoms with van der Waals surface area (Å²) < 4.78 is 21.5. The van der Waals surface area contributed by atoms with Gasteiger partial charge >= 0.3 is 11.9 Å². The number of hydrogen-bond acceptors (Lipinski definition) is 8. The highest BCUT2D eigenvalue weighted by molar-refractivity contribution is 6.07. The Bertz CT molecular complexity index is 1430. The minimum Gasteiger partial charge on any atom is -0.494 e. The van der Waals surface area contributed by atoms with Crippen molar-refractivity contribution in [3.05, 3.63) is 114 Å². The standard InChI is InChI=1S/C36H38O8/c1-26(2)35(39)43-24-6-23-42-33-18-14-30(15-19-33)29-10-12-31(13-11-29)34(38)20-9-28-7-16-32(17-8-28)41-21-4-5-22-44-36(40)27(3)25-37/h7-20,37H,1,3-6,21-25H2,2H3/b20-9+. The van der Waals surface area contributed by atoms with E-state index < -0.39 is 18.5 Å². The third-order valence-corrected chi connectivity index (χ3v) is 6.32. The molecule has 0 unspecified atom stereocenters. The van der Waals surface area contributed by atoms with Crippen LogP contribution in [0, 0.1) is 0 Å². The first-order valence-electron chi connectivity index (χ1n) is 14.3. The molecule has 3 rings (SSSR count). The molecule has 3 aromatic carbocycles. The molecule has 0 aliphatic heterocycles.